The molecule has 1 atom stereocenters. The molecule has 1 heterocycles. The predicted octanol–water partition coefficient (Wildman–Crippen LogP) is 2.89. The average molecular weight is 328 g/mol. The van der Waals surface area contributed by atoms with E-state index in [9.17, 15) is 14.0 Å². The van der Waals surface area contributed by atoms with Crippen LogP contribution in [0.1, 0.15) is 12.5 Å². The van der Waals surface area contributed by atoms with E-state index in [-0.39, 0.29) is 12.5 Å². The largest absolute Gasteiger partial charge is 0.476 e. The summed E-state index contributed by atoms with van der Waals surface area (Å²) in [6, 6.07) is 11.2. The van der Waals surface area contributed by atoms with Crippen LogP contribution in [0.2, 0.25) is 0 Å². The molecule has 0 aliphatic carbocycles. The molecule has 24 heavy (non-hydrogen) atoms. The zero-order chi connectivity index (χ0) is 17.3. The Bertz CT molecular complexity index is 807. The number of carbonyl (C=O) groups excluding carboxylic acids is 2. The molecule has 2 aromatic rings. The molecule has 1 unspecified atom stereocenters. The van der Waals surface area contributed by atoms with Crippen molar-refractivity contribution in [2.24, 2.45) is 0 Å². The number of carbonyl (C=O) groups is 2. The predicted molar refractivity (Wildman–Crippen MR) is 88.7 cm³/mol. The van der Waals surface area contributed by atoms with Crippen molar-refractivity contribution in [2.45, 2.75) is 20.0 Å². The Morgan fingerprint density at radius 2 is 2.00 bits per heavy atom. The summed E-state index contributed by atoms with van der Waals surface area (Å²) >= 11 is 0. The Morgan fingerprint density at radius 3 is 2.75 bits per heavy atom. The molecular weight excluding hydrogens is 311 g/mol. The van der Waals surface area contributed by atoms with E-state index in [1.807, 2.05) is 0 Å². The van der Waals surface area contributed by atoms with Crippen LogP contribution < -0.4 is 15.0 Å². The Balaban J connectivity index is 1.84. The summed E-state index contributed by atoms with van der Waals surface area (Å²) in [5.74, 6) is -0.568. The molecule has 2 aromatic carbocycles. The highest BCUT2D eigenvalue weighted by Gasteiger charge is 2.32. The minimum absolute atomic E-state index is 0.104. The molecule has 124 valence electrons. The van der Waals surface area contributed by atoms with Crippen molar-refractivity contribution in [1.29, 1.82) is 0 Å². The number of fused-ring (bicyclic) bond motifs is 1. The molecule has 1 aliphatic heterocycles. The van der Waals surface area contributed by atoms with Crippen molar-refractivity contribution >= 4 is 23.2 Å². The number of amides is 2. The van der Waals surface area contributed by atoms with Gasteiger partial charge in [-0.3, -0.25) is 9.59 Å². The molecule has 1 aliphatic rings. The van der Waals surface area contributed by atoms with Gasteiger partial charge in [0.25, 0.3) is 5.91 Å². The van der Waals surface area contributed by atoms with Crippen LogP contribution >= 0.6 is 0 Å². The third-order valence-corrected chi connectivity index (χ3v) is 3.90. The Labute approximate surface area is 139 Å². The second kappa shape index (κ2) is 6.31. The van der Waals surface area contributed by atoms with E-state index in [0.29, 0.717) is 17.1 Å². The molecular formula is C18H17FN2O3. The SMILES string of the molecule is CC(=O)N1CC(C(=O)Nc2cc(F)ccc2C)Oc2ccccc21. The van der Waals surface area contributed by atoms with E-state index in [4.69, 9.17) is 4.74 Å². The Kier molecular flexibility index (Phi) is 4.20. The van der Waals surface area contributed by atoms with Crippen LogP contribution in [-0.4, -0.2) is 24.5 Å². The lowest BCUT2D eigenvalue weighted by Gasteiger charge is -2.33. The van der Waals surface area contributed by atoms with E-state index in [0.717, 1.165) is 5.56 Å². The zero-order valence-electron chi connectivity index (χ0n) is 13.4. The minimum Gasteiger partial charge on any atom is -0.476 e. The van der Waals surface area contributed by atoms with E-state index >= 15 is 0 Å². The van der Waals surface area contributed by atoms with Gasteiger partial charge in [-0.05, 0) is 36.8 Å². The molecule has 0 radical (unpaired) electrons. The molecule has 2 amide bonds. The van der Waals surface area contributed by atoms with Crippen molar-refractivity contribution in [1.82, 2.24) is 0 Å². The van der Waals surface area contributed by atoms with Gasteiger partial charge in [-0.15, -0.1) is 0 Å². The fourth-order valence-corrected chi connectivity index (χ4v) is 2.61. The molecule has 0 aromatic heterocycles. The van der Waals surface area contributed by atoms with E-state index < -0.39 is 17.8 Å². The van der Waals surface area contributed by atoms with Gasteiger partial charge in [-0.1, -0.05) is 18.2 Å². The summed E-state index contributed by atoms with van der Waals surface area (Å²) in [4.78, 5) is 25.9. The maximum absolute atomic E-state index is 13.4. The fourth-order valence-electron chi connectivity index (χ4n) is 2.61. The van der Waals surface area contributed by atoms with Crippen LogP contribution in [-0.2, 0) is 9.59 Å². The summed E-state index contributed by atoms with van der Waals surface area (Å²) in [5, 5.41) is 2.67. The third-order valence-electron chi connectivity index (χ3n) is 3.90. The number of nitrogens with one attached hydrogen (secondary N) is 1. The van der Waals surface area contributed by atoms with Gasteiger partial charge < -0.3 is 15.0 Å². The van der Waals surface area contributed by atoms with Crippen LogP contribution in [0.3, 0.4) is 0 Å². The van der Waals surface area contributed by atoms with Gasteiger partial charge in [0, 0.05) is 12.6 Å². The first kappa shape index (κ1) is 16.0. The molecule has 1 N–H and O–H groups in total. The van der Waals surface area contributed by atoms with E-state index in [1.165, 1.54) is 24.0 Å². The van der Waals surface area contributed by atoms with Crippen LogP contribution in [0.4, 0.5) is 15.8 Å². The summed E-state index contributed by atoms with van der Waals surface area (Å²) < 4.78 is 19.1. The first-order valence-electron chi connectivity index (χ1n) is 7.56. The van der Waals surface area contributed by atoms with E-state index in [2.05, 4.69) is 5.32 Å². The quantitative estimate of drug-likeness (QED) is 0.922. The lowest BCUT2D eigenvalue weighted by Crippen LogP contribution is -2.48. The smallest absolute Gasteiger partial charge is 0.267 e. The first-order chi connectivity index (χ1) is 11.5. The lowest BCUT2D eigenvalue weighted by molar-refractivity contribution is -0.123. The fraction of sp³-hybridized carbons (Fsp3) is 0.222. The molecule has 3 rings (SSSR count). The van der Waals surface area contributed by atoms with Crippen LogP contribution in [0.25, 0.3) is 0 Å². The third kappa shape index (κ3) is 3.08. The highest BCUT2D eigenvalue weighted by molar-refractivity contribution is 5.99. The number of rotatable bonds is 2. The van der Waals surface area contributed by atoms with Gasteiger partial charge >= 0.3 is 0 Å². The normalized spacial score (nSPS) is 16.1. The van der Waals surface area contributed by atoms with Crippen molar-refractivity contribution < 1.29 is 18.7 Å². The summed E-state index contributed by atoms with van der Waals surface area (Å²) in [5.41, 5.74) is 1.76. The highest BCUT2D eigenvalue weighted by Crippen LogP contribution is 2.33. The first-order valence-corrected chi connectivity index (χ1v) is 7.56. The average Bonchev–Trinajstić information content (AvgIpc) is 2.57. The second-order valence-corrected chi connectivity index (χ2v) is 5.65. The standard InChI is InChI=1S/C18H17FN2O3/c1-11-7-8-13(19)9-14(11)20-18(23)17-10-21(12(2)22)15-5-3-4-6-16(15)24-17/h3-9,17H,10H2,1-2H3,(H,20,23). The van der Waals surface area contributed by atoms with Gasteiger partial charge in [0.2, 0.25) is 5.91 Å². The topological polar surface area (TPSA) is 58.6 Å². The Morgan fingerprint density at radius 1 is 1.25 bits per heavy atom. The molecule has 0 saturated carbocycles. The van der Waals surface area contributed by atoms with Crippen molar-refractivity contribution in [3.05, 3.63) is 53.8 Å². The molecule has 6 heteroatoms. The molecule has 0 fully saturated rings. The summed E-state index contributed by atoms with van der Waals surface area (Å²) in [6.07, 6.45) is -0.869. The van der Waals surface area contributed by atoms with Crippen molar-refractivity contribution in [2.75, 3.05) is 16.8 Å². The number of nitrogens with zero attached hydrogens (tertiary/aromatic N) is 1. The maximum Gasteiger partial charge on any atom is 0.267 e. The monoisotopic (exact) mass is 328 g/mol. The molecule has 0 saturated heterocycles. The minimum atomic E-state index is -0.869. The number of anilines is 2. The number of hydrogen-bond donors (Lipinski definition) is 1. The second-order valence-electron chi connectivity index (χ2n) is 5.65. The summed E-state index contributed by atoms with van der Waals surface area (Å²) in [6.45, 7) is 3.31. The van der Waals surface area contributed by atoms with Gasteiger partial charge in [0.1, 0.15) is 11.6 Å². The van der Waals surface area contributed by atoms with E-state index in [1.54, 1.807) is 37.3 Å². The lowest BCUT2D eigenvalue weighted by atomic mass is 10.1. The zero-order valence-corrected chi connectivity index (χ0v) is 13.4. The number of aryl methyl sites for hydroxylation is 1. The number of para-hydroxylation sites is 2. The number of hydrogen-bond acceptors (Lipinski definition) is 3. The van der Waals surface area contributed by atoms with Gasteiger partial charge in [0.05, 0.1) is 12.2 Å². The highest BCUT2D eigenvalue weighted by atomic mass is 19.1. The van der Waals surface area contributed by atoms with Crippen LogP contribution in [0.5, 0.6) is 5.75 Å². The van der Waals surface area contributed by atoms with Gasteiger partial charge in [0.15, 0.2) is 6.10 Å². The molecule has 0 bridgehead atoms. The van der Waals surface area contributed by atoms with Crippen molar-refractivity contribution in [3.8, 4) is 5.75 Å². The van der Waals surface area contributed by atoms with Crippen LogP contribution in [0.15, 0.2) is 42.5 Å². The number of ether oxygens (including phenoxy) is 1. The Hall–Kier alpha value is -2.89. The number of halogens is 1. The maximum atomic E-state index is 13.4. The van der Waals surface area contributed by atoms with Crippen molar-refractivity contribution in [3.63, 3.8) is 0 Å². The summed E-state index contributed by atoms with van der Waals surface area (Å²) in [7, 11) is 0. The molecule has 0 spiro atoms. The van der Waals surface area contributed by atoms with Gasteiger partial charge in [-0.25, -0.2) is 4.39 Å². The number of benzene rings is 2. The van der Waals surface area contributed by atoms with Crippen LogP contribution in [0, 0.1) is 12.7 Å². The molecule has 5 nitrogen and oxygen atoms in total. The van der Waals surface area contributed by atoms with Gasteiger partial charge in [-0.2, -0.15) is 0 Å².